The molecule has 34 heavy (non-hydrogen) atoms. The van der Waals surface area contributed by atoms with Gasteiger partial charge in [-0.25, -0.2) is 9.59 Å². The molecule has 2 heterocycles. The fourth-order valence-electron chi connectivity index (χ4n) is 3.03. The fraction of sp³-hybridized carbons (Fsp3) is 0.650. The van der Waals surface area contributed by atoms with Crippen LogP contribution >= 0.6 is 58.3 Å². The first-order chi connectivity index (χ1) is 15.6. The summed E-state index contributed by atoms with van der Waals surface area (Å²) >= 11 is 19.3. The zero-order chi connectivity index (χ0) is 26.1. The number of thioether (sulfide) groups is 2. The van der Waals surface area contributed by atoms with Crippen molar-refractivity contribution < 1.29 is 33.4 Å². The van der Waals surface area contributed by atoms with Crippen LogP contribution in [0.5, 0.6) is 0 Å². The van der Waals surface area contributed by atoms with E-state index < -0.39 is 47.7 Å². The van der Waals surface area contributed by atoms with E-state index in [1.165, 1.54) is 17.8 Å². The molecule has 2 rings (SSSR count). The Kier molecular flexibility index (Phi) is 9.80. The third-order valence-electron chi connectivity index (χ3n) is 5.77. The number of amides is 1. The second-order valence-electron chi connectivity index (χ2n) is 9.06. The number of β-lactam (4-membered cyclic amide) rings is 1. The third-order valence-corrected chi connectivity index (χ3v) is 14.1. The average molecular weight is 593 g/mol. The van der Waals surface area contributed by atoms with Crippen molar-refractivity contribution in [2.24, 2.45) is 0 Å². The van der Waals surface area contributed by atoms with Gasteiger partial charge in [-0.2, -0.15) is 0 Å². The summed E-state index contributed by atoms with van der Waals surface area (Å²) in [5, 5.41) is 9.89. The van der Waals surface area contributed by atoms with Crippen LogP contribution in [0.25, 0.3) is 0 Å². The van der Waals surface area contributed by atoms with Gasteiger partial charge in [0.2, 0.25) is 11.7 Å². The van der Waals surface area contributed by atoms with Crippen LogP contribution < -0.4 is 0 Å². The Bertz CT molecular complexity index is 881. The molecule has 2 aliphatic heterocycles. The Labute approximate surface area is 223 Å². The molecule has 1 N–H and O–H groups in total. The molecule has 8 nitrogen and oxygen atoms in total. The maximum atomic E-state index is 12.8. The summed E-state index contributed by atoms with van der Waals surface area (Å²) in [4.78, 5) is 35.8. The molecule has 14 heteroatoms. The summed E-state index contributed by atoms with van der Waals surface area (Å²) in [5.41, 5.74) is -1.53. The highest BCUT2D eigenvalue weighted by Crippen LogP contribution is 2.60. The van der Waals surface area contributed by atoms with Gasteiger partial charge in [0.1, 0.15) is 4.87 Å². The van der Waals surface area contributed by atoms with E-state index in [1.807, 2.05) is 0 Å². The van der Waals surface area contributed by atoms with E-state index in [4.69, 9.17) is 48.7 Å². The molecule has 0 spiro atoms. The molecule has 1 unspecified atom stereocenters. The van der Waals surface area contributed by atoms with E-state index in [2.05, 4.69) is 40.4 Å². The number of hydrogen-bond acceptors (Lipinski definition) is 8. The van der Waals surface area contributed by atoms with Gasteiger partial charge in [0.25, 0.3) is 5.91 Å². The van der Waals surface area contributed by atoms with E-state index in [9.17, 15) is 19.5 Å². The number of hydrogen-bond donors (Lipinski definition) is 1. The molecule has 0 aromatic carbocycles. The molecule has 0 radical (unpaired) electrons. The number of alkyl halides is 3. The van der Waals surface area contributed by atoms with Crippen LogP contribution in [0.4, 0.5) is 4.79 Å². The molecule has 0 bridgehead atoms. The van der Waals surface area contributed by atoms with Gasteiger partial charge in [-0.3, -0.25) is 9.69 Å². The lowest BCUT2D eigenvalue weighted by Crippen LogP contribution is -2.71. The number of carboxylic acid groups (broad SMARTS) is 1. The maximum absolute atomic E-state index is 12.8. The lowest BCUT2D eigenvalue weighted by Gasteiger charge is -2.51. The molecule has 0 aromatic heterocycles. The number of halogens is 3. The Morgan fingerprint density at radius 3 is 2.47 bits per heavy atom. The molecule has 0 aliphatic carbocycles. The van der Waals surface area contributed by atoms with Gasteiger partial charge in [0.15, 0.2) is 18.9 Å². The monoisotopic (exact) mass is 591 g/mol. The Hall–Kier alpha value is -0.563. The first-order valence-corrected chi connectivity index (χ1v) is 16.3. The quantitative estimate of drug-likeness (QED) is 0.0802. The third kappa shape index (κ3) is 6.04. The molecule has 1 fully saturated rings. The smallest absolute Gasteiger partial charge is 0.477 e. The zero-order valence-electron chi connectivity index (χ0n) is 19.4. The van der Waals surface area contributed by atoms with E-state index in [-0.39, 0.29) is 17.2 Å². The molecule has 1 amide bonds. The Morgan fingerprint density at radius 1 is 1.35 bits per heavy atom. The number of aliphatic carboxylic acids is 1. The topological polar surface area (TPSA) is 102 Å². The number of carbonyl (C=O) groups excluding carboxylic acids is 2. The Balaban J connectivity index is 2.15. The molecule has 192 valence electrons. The predicted molar refractivity (Wildman–Crippen MR) is 139 cm³/mol. The van der Waals surface area contributed by atoms with Gasteiger partial charge in [-0.05, 0) is 18.1 Å². The van der Waals surface area contributed by atoms with Gasteiger partial charge >= 0.3 is 12.1 Å². The molecule has 1 saturated heterocycles. The first-order valence-electron chi connectivity index (χ1n) is 10.3. The van der Waals surface area contributed by atoms with Crippen LogP contribution in [0, 0.1) is 0 Å². The maximum Gasteiger partial charge on any atom is 0.510 e. The molecule has 2 aliphatic rings. The van der Waals surface area contributed by atoms with Crippen molar-refractivity contribution in [1.82, 2.24) is 4.90 Å². The fourth-order valence-corrected chi connectivity index (χ4v) is 7.31. The number of fused-ring (bicyclic) bond motifs is 1. The van der Waals surface area contributed by atoms with Gasteiger partial charge in [-0.1, -0.05) is 73.4 Å². The first kappa shape index (κ1) is 29.7. The lowest BCUT2D eigenvalue weighted by atomic mass is 9.93. The van der Waals surface area contributed by atoms with Gasteiger partial charge in [-0.15, -0.1) is 18.3 Å². The van der Waals surface area contributed by atoms with Crippen molar-refractivity contribution in [3.63, 3.8) is 0 Å². The van der Waals surface area contributed by atoms with E-state index >= 15 is 0 Å². The summed E-state index contributed by atoms with van der Waals surface area (Å²) < 4.78 is 16.6. The van der Waals surface area contributed by atoms with Crippen LogP contribution in [0.15, 0.2) is 22.6 Å². The normalized spacial score (nSPS) is 23.5. The van der Waals surface area contributed by atoms with E-state index in [0.29, 0.717) is 16.6 Å². The predicted octanol–water partition coefficient (Wildman–Crippen LogP) is 5.75. The van der Waals surface area contributed by atoms with Crippen LogP contribution in [0.2, 0.25) is 18.1 Å². The van der Waals surface area contributed by atoms with E-state index in [0.717, 1.165) is 16.7 Å². The number of nitrogens with zero attached hydrogens (tertiary/aromatic N) is 1. The Morgan fingerprint density at radius 2 is 1.97 bits per heavy atom. The minimum Gasteiger partial charge on any atom is -0.477 e. The highest BCUT2D eigenvalue weighted by atomic mass is 35.5. The van der Waals surface area contributed by atoms with Gasteiger partial charge in [0.05, 0.1) is 4.24 Å². The molecule has 0 aromatic rings. The number of carbonyl (C=O) groups is 3. The number of rotatable bonds is 11. The summed E-state index contributed by atoms with van der Waals surface area (Å²) in [6, 6.07) is 0. The van der Waals surface area contributed by atoms with E-state index in [1.54, 1.807) is 0 Å². The molecular formula is C20H28Cl3NO7S2Si. The molecular weight excluding hydrogens is 565 g/mol. The molecule has 3 atom stereocenters. The van der Waals surface area contributed by atoms with Crippen molar-refractivity contribution in [2.45, 2.75) is 66.7 Å². The summed E-state index contributed by atoms with van der Waals surface area (Å²) in [6.07, 6.45) is -0.846. The standard InChI is InChI=1S/C20H28Cl3NO7S2Si/c1-7-8-20-12(30-18(28)31-14(23)13(21)22)15(25)24(20)11(16(26)27)17(33-20)32-10-9-29-34(5,6)19(2,3)4/h7,12-14H,1,8-10H2,2-6H3,(H,26,27)/t12-,14?,20+/m0/s1. The number of carboxylic acids is 1. The minimum atomic E-state index is -1.96. The minimum absolute atomic E-state index is 0.0463. The number of ether oxygens (including phenoxy) is 2. The average Bonchev–Trinajstić information content (AvgIpc) is 3.00. The molecule has 0 saturated carbocycles. The van der Waals surface area contributed by atoms with Crippen molar-refractivity contribution in [1.29, 1.82) is 0 Å². The summed E-state index contributed by atoms with van der Waals surface area (Å²) in [7, 11) is -1.96. The second-order valence-corrected chi connectivity index (χ2v) is 18.1. The van der Waals surface area contributed by atoms with Crippen LogP contribution in [-0.4, -0.2) is 70.1 Å². The van der Waals surface area contributed by atoms with Crippen molar-refractivity contribution >= 4 is 84.7 Å². The van der Waals surface area contributed by atoms with Crippen molar-refractivity contribution in [2.75, 3.05) is 12.4 Å². The van der Waals surface area contributed by atoms with Crippen LogP contribution in [0.3, 0.4) is 0 Å². The van der Waals surface area contributed by atoms with Gasteiger partial charge < -0.3 is 19.0 Å². The van der Waals surface area contributed by atoms with Gasteiger partial charge in [0, 0.05) is 18.8 Å². The zero-order valence-corrected chi connectivity index (χ0v) is 24.3. The highest BCUT2D eigenvalue weighted by molar-refractivity contribution is 8.23. The lowest BCUT2D eigenvalue weighted by molar-refractivity contribution is -0.171. The van der Waals surface area contributed by atoms with Crippen molar-refractivity contribution in [3.05, 3.63) is 22.6 Å². The SMILES string of the molecule is C=CC[C@]12SC(SCCO[Si](C)(C)C(C)(C)C)=C(C(=O)O)N1C(=O)[C@@H]2OC(=O)OC(Cl)C(Cl)Cl. The van der Waals surface area contributed by atoms with Crippen LogP contribution in [-0.2, 0) is 23.5 Å². The van der Waals surface area contributed by atoms with Crippen LogP contribution in [0.1, 0.15) is 27.2 Å². The second kappa shape index (κ2) is 11.2. The summed E-state index contributed by atoms with van der Waals surface area (Å²) in [6.45, 7) is 14.8. The summed E-state index contributed by atoms with van der Waals surface area (Å²) in [5.74, 6) is -1.45. The highest BCUT2D eigenvalue weighted by Gasteiger charge is 2.69. The van der Waals surface area contributed by atoms with Crippen molar-refractivity contribution in [3.8, 4) is 0 Å². The largest absolute Gasteiger partial charge is 0.510 e.